The Bertz CT molecular complexity index is 1030. The van der Waals surface area contributed by atoms with Gasteiger partial charge >= 0.3 is 0 Å². The molecule has 0 heterocycles. The Hall–Kier alpha value is -3.52. The fraction of sp³-hybridized carbons (Fsp3) is 0.0476. The molecule has 7 nitrogen and oxygen atoms in total. The molecule has 8 heteroatoms. The van der Waals surface area contributed by atoms with Gasteiger partial charge in [-0.1, -0.05) is 40.2 Å². The van der Waals surface area contributed by atoms with Crippen LogP contribution in [0.3, 0.4) is 0 Å². The number of carbonyl (C=O) groups excluding carboxylic acids is 1. The van der Waals surface area contributed by atoms with Crippen molar-refractivity contribution in [2.75, 3.05) is 0 Å². The number of ether oxygens (including phenoxy) is 1. The topological polar surface area (TPSA) is 93.8 Å². The van der Waals surface area contributed by atoms with Crippen molar-refractivity contribution in [2.24, 2.45) is 5.10 Å². The molecule has 1 N–H and O–H groups in total. The average molecular weight is 454 g/mol. The van der Waals surface area contributed by atoms with Crippen LogP contribution in [0.5, 0.6) is 5.75 Å². The summed E-state index contributed by atoms with van der Waals surface area (Å²) in [4.78, 5) is 22.3. The second-order valence-corrected chi connectivity index (χ2v) is 6.87. The van der Waals surface area contributed by atoms with Crippen molar-refractivity contribution >= 4 is 33.7 Å². The zero-order valence-electron chi connectivity index (χ0n) is 15.1. The van der Waals surface area contributed by atoms with Gasteiger partial charge in [-0.3, -0.25) is 14.9 Å². The first-order valence-corrected chi connectivity index (χ1v) is 9.36. The van der Waals surface area contributed by atoms with E-state index in [1.54, 1.807) is 0 Å². The maximum absolute atomic E-state index is 12.1. The summed E-state index contributed by atoms with van der Waals surface area (Å²) in [6.07, 6.45) is 1.49. The number of hydrogen-bond acceptors (Lipinski definition) is 5. The van der Waals surface area contributed by atoms with Gasteiger partial charge in [0, 0.05) is 27.7 Å². The SMILES string of the molecule is O=C(N/N=C/c1ccccc1OCc1ccc(Br)cc1)c1ccc([N+](=O)[O-])cc1. The van der Waals surface area contributed by atoms with Gasteiger partial charge in [0.15, 0.2) is 0 Å². The lowest BCUT2D eigenvalue weighted by molar-refractivity contribution is -0.384. The van der Waals surface area contributed by atoms with Crippen molar-refractivity contribution in [3.05, 3.63) is 104 Å². The lowest BCUT2D eigenvalue weighted by Crippen LogP contribution is -2.17. The molecule has 0 spiro atoms. The minimum atomic E-state index is -0.523. The maximum Gasteiger partial charge on any atom is 0.271 e. The molecule has 0 atom stereocenters. The Balaban J connectivity index is 1.62. The second-order valence-electron chi connectivity index (χ2n) is 5.96. The quantitative estimate of drug-likeness (QED) is 0.318. The van der Waals surface area contributed by atoms with E-state index in [1.165, 1.54) is 30.5 Å². The van der Waals surface area contributed by atoms with Crippen LogP contribution in [0.2, 0.25) is 0 Å². The summed E-state index contributed by atoms with van der Waals surface area (Å²) in [7, 11) is 0. The smallest absolute Gasteiger partial charge is 0.271 e. The predicted octanol–water partition coefficient (Wildman–Crippen LogP) is 4.70. The number of nitrogens with zero attached hydrogens (tertiary/aromatic N) is 2. The Morgan fingerprint density at radius 2 is 1.76 bits per heavy atom. The third kappa shape index (κ3) is 5.73. The number of para-hydroxylation sites is 1. The first-order chi connectivity index (χ1) is 14.0. The van der Waals surface area contributed by atoms with Gasteiger partial charge in [0.05, 0.1) is 11.1 Å². The molecule has 0 unspecified atom stereocenters. The highest BCUT2D eigenvalue weighted by Crippen LogP contribution is 2.18. The van der Waals surface area contributed by atoms with Crippen LogP contribution >= 0.6 is 15.9 Å². The summed E-state index contributed by atoms with van der Waals surface area (Å²) in [6.45, 7) is 0.396. The summed E-state index contributed by atoms with van der Waals surface area (Å²) in [6, 6.07) is 20.4. The molecule has 0 saturated carbocycles. The number of benzene rings is 3. The third-order valence-electron chi connectivity index (χ3n) is 3.94. The Labute approximate surface area is 175 Å². The van der Waals surface area contributed by atoms with Gasteiger partial charge in [-0.25, -0.2) is 5.43 Å². The predicted molar refractivity (Wildman–Crippen MR) is 113 cm³/mol. The largest absolute Gasteiger partial charge is 0.488 e. The van der Waals surface area contributed by atoms with E-state index in [0.29, 0.717) is 17.9 Å². The standard InChI is InChI=1S/C21H16BrN3O4/c22-18-9-5-15(6-10-18)14-29-20-4-2-1-3-17(20)13-23-24-21(26)16-7-11-19(12-8-16)25(27)28/h1-13H,14H2,(H,24,26)/b23-13+. The number of nitro benzene ring substituents is 1. The molecule has 146 valence electrons. The minimum absolute atomic E-state index is 0.0816. The van der Waals surface area contributed by atoms with E-state index in [1.807, 2.05) is 48.5 Å². The number of carbonyl (C=O) groups is 1. The first kappa shape index (κ1) is 20.2. The summed E-state index contributed by atoms with van der Waals surface area (Å²) in [5.41, 5.74) is 4.31. The van der Waals surface area contributed by atoms with Crippen molar-refractivity contribution < 1.29 is 14.5 Å². The van der Waals surface area contributed by atoms with Gasteiger partial charge in [-0.2, -0.15) is 5.10 Å². The van der Waals surface area contributed by atoms with Crippen LogP contribution in [0.4, 0.5) is 5.69 Å². The van der Waals surface area contributed by atoms with E-state index in [4.69, 9.17) is 4.74 Å². The van der Waals surface area contributed by atoms with E-state index < -0.39 is 10.8 Å². The van der Waals surface area contributed by atoms with Gasteiger partial charge in [0.1, 0.15) is 12.4 Å². The number of nitro groups is 1. The van der Waals surface area contributed by atoms with E-state index in [-0.39, 0.29) is 11.3 Å². The van der Waals surface area contributed by atoms with E-state index in [9.17, 15) is 14.9 Å². The molecule has 0 aliphatic heterocycles. The first-order valence-electron chi connectivity index (χ1n) is 8.57. The number of halogens is 1. The molecule has 0 radical (unpaired) electrons. The number of hydrazone groups is 1. The molecule has 0 fully saturated rings. The monoisotopic (exact) mass is 453 g/mol. The summed E-state index contributed by atoms with van der Waals surface area (Å²) < 4.78 is 6.86. The van der Waals surface area contributed by atoms with Crippen molar-refractivity contribution in [1.82, 2.24) is 5.43 Å². The minimum Gasteiger partial charge on any atom is -0.488 e. The zero-order valence-corrected chi connectivity index (χ0v) is 16.7. The highest BCUT2D eigenvalue weighted by molar-refractivity contribution is 9.10. The summed E-state index contributed by atoms with van der Waals surface area (Å²) >= 11 is 3.40. The number of rotatable bonds is 7. The van der Waals surface area contributed by atoms with Crippen LogP contribution in [0, 0.1) is 10.1 Å². The van der Waals surface area contributed by atoms with Gasteiger partial charge in [-0.15, -0.1) is 0 Å². The Morgan fingerprint density at radius 1 is 1.07 bits per heavy atom. The highest BCUT2D eigenvalue weighted by atomic mass is 79.9. The van der Waals surface area contributed by atoms with Gasteiger partial charge in [0.2, 0.25) is 0 Å². The second kappa shape index (κ2) is 9.61. The summed E-state index contributed by atoms with van der Waals surface area (Å²) in [5.74, 6) is 0.160. The third-order valence-corrected chi connectivity index (χ3v) is 4.47. The molecule has 3 aromatic carbocycles. The van der Waals surface area contributed by atoms with Gasteiger partial charge in [-0.05, 0) is 42.0 Å². The van der Waals surface area contributed by atoms with Crippen LogP contribution in [-0.4, -0.2) is 17.0 Å². The molecule has 3 aromatic rings. The van der Waals surface area contributed by atoms with Crippen LogP contribution in [0.1, 0.15) is 21.5 Å². The molecule has 0 saturated heterocycles. The molecule has 3 rings (SSSR count). The van der Waals surface area contributed by atoms with Crippen molar-refractivity contribution in [3.8, 4) is 5.75 Å². The lowest BCUT2D eigenvalue weighted by Gasteiger charge is -2.09. The zero-order chi connectivity index (χ0) is 20.6. The molecular formula is C21H16BrN3O4. The molecule has 0 aliphatic rings. The van der Waals surface area contributed by atoms with Crippen LogP contribution in [0.15, 0.2) is 82.4 Å². The fourth-order valence-corrected chi connectivity index (χ4v) is 2.68. The Morgan fingerprint density at radius 3 is 2.45 bits per heavy atom. The molecule has 0 aromatic heterocycles. The summed E-state index contributed by atoms with van der Waals surface area (Å²) in [5, 5.41) is 14.6. The van der Waals surface area contributed by atoms with Crippen molar-refractivity contribution in [2.45, 2.75) is 6.61 Å². The lowest BCUT2D eigenvalue weighted by atomic mass is 10.2. The molecular weight excluding hydrogens is 438 g/mol. The molecule has 0 aliphatic carbocycles. The van der Waals surface area contributed by atoms with Crippen molar-refractivity contribution in [3.63, 3.8) is 0 Å². The van der Waals surface area contributed by atoms with Crippen molar-refractivity contribution in [1.29, 1.82) is 0 Å². The molecule has 1 amide bonds. The average Bonchev–Trinajstić information content (AvgIpc) is 2.74. The van der Waals surface area contributed by atoms with Gasteiger partial charge in [0.25, 0.3) is 11.6 Å². The molecule has 29 heavy (non-hydrogen) atoms. The van der Waals surface area contributed by atoms with E-state index in [2.05, 4.69) is 26.5 Å². The Kier molecular flexibility index (Phi) is 6.70. The van der Waals surface area contributed by atoms with Crippen LogP contribution in [-0.2, 0) is 6.61 Å². The van der Waals surface area contributed by atoms with Crippen LogP contribution < -0.4 is 10.2 Å². The number of nitrogens with one attached hydrogen (secondary N) is 1. The van der Waals surface area contributed by atoms with E-state index in [0.717, 1.165) is 10.0 Å². The van der Waals surface area contributed by atoms with Gasteiger partial charge < -0.3 is 4.74 Å². The maximum atomic E-state index is 12.1. The fourth-order valence-electron chi connectivity index (χ4n) is 2.42. The molecule has 0 bridgehead atoms. The number of non-ortho nitro benzene ring substituents is 1. The number of amides is 1. The number of hydrogen-bond donors (Lipinski definition) is 1. The normalized spacial score (nSPS) is 10.7. The highest BCUT2D eigenvalue weighted by Gasteiger charge is 2.09. The van der Waals surface area contributed by atoms with Crippen LogP contribution in [0.25, 0.3) is 0 Å². The van der Waals surface area contributed by atoms with E-state index >= 15 is 0 Å².